The number of ether oxygens (including phenoxy) is 1. The molecule has 178 valence electrons. The van der Waals surface area contributed by atoms with Crippen molar-refractivity contribution in [1.82, 2.24) is 0 Å². The van der Waals surface area contributed by atoms with Gasteiger partial charge >= 0.3 is 5.97 Å². The summed E-state index contributed by atoms with van der Waals surface area (Å²) in [5, 5.41) is 11.8. The predicted molar refractivity (Wildman–Crippen MR) is 135 cm³/mol. The van der Waals surface area contributed by atoms with Gasteiger partial charge in [-0.05, 0) is 18.4 Å². The molecule has 0 unspecified atom stereocenters. The van der Waals surface area contributed by atoms with Crippen LogP contribution in [0.25, 0.3) is 0 Å². The lowest BCUT2D eigenvalue weighted by atomic mass is 9.85. The van der Waals surface area contributed by atoms with Gasteiger partial charge in [0.05, 0.1) is 19.4 Å². The first-order valence-corrected chi connectivity index (χ1v) is 16.3. The van der Waals surface area contributed by atoms with E-state index in [-0.39, 0.29) is 11.7 Å². The Bertz CT molecular complexity index is 596. The minimum Gasteiger partial charge on any atom is -0.466 e. The molecular formula is C27H48O3Si. The molecule has 2 atom stereocenters. The van der Waals surface area contributed by atoms with Gasteiger partial charge in [0.15, 0.2) is 0 Å². The summed E-state index contributed by atoms with van der Waals surface area (Å²) in [4.78, 5) is 12.6. The van der Waals surface area contributed by atoms with Crippen molar-refractivity contribution >= 4 is 14.0 Å². The Morgan fingerprint density at radius 1 is 0.903 bits per heavy atom. The van der Waals surface area contributed by atoms with Crippen LogP contribution in [-0.4, -0.2) is 24.9 Å². The fourth-order valence-corrected chi connectivity index (χ4v) is 5.49. The van der Waals surface area contributed by atoms with Gasteiger partial charge in [-0.3, -0.25) is 4.79 Å². The molecule has 31 heavy (non-hydrogen) atoms. The molecule has 0 saturated heterocycles. The molecule has 0 aliphatic carbocycles. The molecule has 0 aliphatic heterocycles. The van der Waals surface area contributed by atoms with E-state index < -0.39 is 13.7 Å². The van der Waals surface area contributed by atoms with E-state index in [1.165, 1.54) is 38.5 Å². The zero-order valence-electron chi connectivity index (χ0n) is 20.9. The van der Waals surface area contributed by atoms with Gasteiger partial charge in [-0.15, -0.1) is 0 Å². The molecule has 0 bridgehead atoms. The summed E-state index contributed by atoms with van der Waals surface area (Å²) in [5.74, 6) is -0.0951. The first-order valence-electron chi connectivity index (χ1n) is 12.7. The number of benzene rings is 1. The van der Waals surface area contributed by atoms with Crippen LogP contribution >= 0.6 is 0 Å². The molecule has 0 spiro atoms. The van der Waals surface area contributed by atoms with Crippen molar-refractivity contribution in [3.63, 3.8) is 0 Å². The highest BCUT2D eigenvalue weighted by atomic mass is 28.3. The van der Waals surface area contributed by atoms with Crippen molar-refractivity contribution in [1.29, 1.82) is 0 Å². The third-order valence-corrected chi connectivity index (χ3v) is 8.51. The Hall–Kier alpha value is -1.13. The fraction of sp³-hybridized carbons (Fsp3) is 0.741. The zero-order chi connectivity index (χ0) is 23.2. The Morgan fingerprint density at radius 3 is 2.00 bits per heavy atom. The summed E-state index contributed by atoms with van der Waals surface area (Å²) in [6, 6.07) is 10.00. The molecule has 1 N–H and O–H groups in total. The number of hydrogen-bond donors (Lipinski definition) is 1. The van der Waals surface area contributed by atoms with Crippen LogP contribution in [0, 0.1) is 0 Å². The molecule has 3 nitrogen and oxygen atoms in total. The van der Waals surface area contributed by atoms with Crippen molar-refractivity contribution < 1.29 is 14.6 Å². The molecule has 0 amide bonds. The third-order valence-electron chi connectivity index (χ3n) is 6.25. The van der Waals surface area contributed by atoms with E-state index in [9.17, 15) is 9.90 Å². The van der Waals surface area contributed by atoms with Crippen molar-refractivity contribution in [3.8, 4) is 0 Å². The first-order chi connectivity index (χ1) is 14.7. The second kappa shape index (κ2) is 14.8. The monoisotopic (exact) mass is 448 g/mol. The minimum atomic E-state index is -1.82. The Morgan fingerprint density at radius 2 is 1.45 bits per heavy atom. The molecule has 4 heteroatoms. The van der Waals surface area contributed by atoms with Crippen molar-refractivity contribution in [3.05, 3.63) is 35.9 Å². The number of hydrogen-bond acceptors (Lipinski definition) is 3. The number of carbonyl (C=O) groups is 1. The zero-order valence-corrected chi connectivity index (χ0v) is 21.9. The van der Waals surface area contributed by atoms with Crippen molar-refractivity contribution in [2.75, 3.05) is 0 Å². The highest BCUT2D eigenvalue weighted by molar-refractivity contribution is 6.77. The van der Waals surface area contributed by atoms with Crippen LogP contribution in [0.3, 0.4) is 0 Å². The highest BCUT2D eigenvalue weighted by Gasteiger charge is 2.39. The van der Waals surface area contributed by atoms with Crippen LogP contribution in [0.15, 0.2) is 30.3 Å². The van der Waals surface area contributed by atoms with Gasteiger partial charge in [0.1, 0.15) is 0 Å². The van der Waals surface area contributed by atoms with Gasteiger partial charge in [0.2, 0.25) is 0 Å². The predicted octanol–water partition coefficient (Wildman–Crippen LogP) is 7.77. The van der Waals surface area contributed by atoms with Crippen LogP contribution in [0.1, 0.15) is 103 Å². The van der Waals surface area contributed by atoms with E-state index in [1.54, 1.807) is 0 Å². The van der Waals surface area contributed by atoms with E-state index in [1.807, 2.05) is 30.3 Å². The molecule has 0 aromatic heterocycles. The van der Waals surface area contributed by atoms with Crippen molar-refractivity contribution in [2.45, 2.75) is 128 Å². The number of unbranched alkanes of at least 4 members (excludes halogenated alkanes) is 8. The van der Waals surface area contributed by atoms with Crippen LogP contribution in [0.2, 0.25) is 19.6 Å². The quantitative estimate of drug-likeness (QED) is 0.150. The van der Waals surface area contributed by atoms with E-state index >= 15 is 0 Å². The largest absolute Gasteiger partial charge is 0.466 e. The van der Waals surface area contributed by atoms with Gasteiger partial charge in [0.25, 0.3) is 0 Å². The molecule has 0 radical (unpaired) electrons. The molecule has 0 aliphatic rings. The van der Waals surface area contributed by atoms with Crippen LogP contribution in [-0.2, 0) is 15.1 Å². The van der Waals surface area contributed by atoms with Crippen LogP contribution in [0.5, 0.6) is 0 Å². The number of rotatable bonds is 17. The normalized spacial score (nSPS) is 14.8. The Kier molecular flexibility index (Phi) is 13.4. The average Bonchev–Trinajstić information content (AvgIpc) is 2.73. The van der Waals surface area contributed by atoms with E-state index in [0.29, 0.717) is 12.8 Å². The average molecular weight is 449 g/mol. The lowest BCUT2D eigenvalue weighted by molar-refractivity contribution is -0.148. The highest BCUT2D eigenvalue weighted by Crippen LogP contribution is 2.35. The summed E-state index contributed by atoms with van der Waals surface area (Å²) < 4.78 is 6.05. The molecule has 1 aromatic rings. The fourth-order valence-electron chi connectivity index (χ4n) is 4.06. The van der Waals surface area contributed by atoms with E-state index in [4.69, 9.17) is 4.74 Å². The Balaban J connectivity index is 2.83. The number of aliphatic hydroxyl groups is 1. The first kappa shape index (κ1) is 27.9. The van der Waals surface area contributed by atoms with Gasteiger partial charge in [-0.2, -0.15) is 0 Å². The molecule has 1 rings (SSSR count). The molecular weight excluding hydrogens is 400 g/mol. The maximum atomic E-state index is 12.6. The summed E-state index contributed by atoms with van der Waals surface area (Å²) in [6.07, 6.45) is 13.1. The van der Waals surface area contributed by atoms with Crippen LogP contribution < -0.4 is 0 Å². The van der Waals surface area contributed by atoms with Crippen molar-refractivity contribution in [2.24, 2.45) is 0 Å². The van der Waals surface area contributed by atoms with Gasteiger partial charge in [-0.25, -0.2) is 0 Å². The maximum absolute atomic E-state index is 12.6. The summed E-state index contributed by atoms with van der Waals surface area (Å²) in [7, 11) is -1.82. The van der Waals surface area contributed by atoms with Gasteiger partial charge in [-0.1, -0.05) is 122 Å². The van der Waals surface area contributed by atoms with E-state index in [2.05, 4.69) is 33.5 Å². The molecule has 1 aromatic carbocycles. The smallest absolute Gasteiger partial charge is 0.305 e. The lowest BCUT2D eigenvalue weighted by Crippen LogP contribution is -2.46. The molecule has 0 fully saturated rings. The SMILES string of the molecule is CCCCCCCC(=O)O[C@@H](C[C@](O)(CCCCCCC)c1ccccc1)[Si](C)(C)C. The topological polar surface area (TPSA) is 46.5 Å². The minimum absolute atomic E-state index is 0.0951. The second-order valence-electron chi connectivity index (χ2n) is 10.3. The van der Waals surface area contributed by atoms with Crippen LogP contribution in [0.4, 0.5) is 0 Å². The van der Waals surface area contributed by atoms with E-state index in [0.717, 1.165) is 37.7 Å². The second-order valence-corrected chi connectivity index (χ2v) is 15.7. The lowest BCUT2D eigenvalue weighted by Gasteiger charge is -2.37. The summed E-state index contributed by atoms with van der Waals surface area (Å²) in [5.41, 5.74) is -0.180. The maximum Gasteiger partial charge on any atom is 0.305 e. The number of carbonyl (C=O) groups excluding carboxylic acids is 1. The Labute approximate surface area is 193 Å². The summed E-state index contributed by atoms with van der Waals surface area (Å²) >= 11 is 0. The third kappa shape index (κ3) is 11.3. The van der Waals surface area contributed by atoms with Gasteiger partial charge < -0.3 is 9.84 Å². The summed E-state index contributed by atoms with van der Waals surface area (Å²) in [6.45, 7) is 11.1. The molecule has 0 heterocycles. The standard InChI is InChI=1S/C27H48O3Si/c1-6-8-10-12-17-21-25(28)30-26(31(3,4)5)23-27(29,22-18-13-11-9-7-2)24-19-15-14-16-20-24/h14-16,19-20,26,29H,6-13,17-18,21-23H2,1-5H3/t26-,27-/m1/s1. The number of esters is 1. The molecule has 0 saturated carbocycles. The van der Waals surface area contributed by atoms with Gasteiger partial charge in [0, 0.05) is 12.8 Å².